The number of rotatable bonds is 3. The summed E-state index contributed by atoms with van der Waals surface area (Å²) in [6, 6.07) is 0. The van der Waals surface area contributed by atoms with E-state index in [2.05, 4.69) is 12.2 Å². The second kappa shape index (κ2) is 3.54. The molecule has 1 aliphatic carbocycles. The topological polar surface area (TPSA) is 21.3 Å². The summed E-state index contributed by atoms with van der Waals surface area (Å²) < 4.78 is 18.9. The standard InChI is InChI=1S/C10H18FNO/c1-10(3-4-10)7-13-9-2-5-12-6-8(9)11/h8-9,12H,2-7H2,1H3/t8?,9-/m1/s1. The van der Waals surface area contributed by atoms with Gasteiger partial charge in [0, 0.05) is 6.54 Å². The van der Waals surface area contributed by atoms with Gasteiger partial charge < -0.3 is 10.1 Å². The molecule has 0 amide bonds. The van der Waals surface area contributed by atoms with Crippen molar-refractivity contribution in [2.45, 2.75) is 38.5 Å². The summed E-state index contributed by atoms with van der Waals surface area (Å²) in [7, 11) is 0. The van der Waals surface area contributed by atoms with Gasteiger partial charge in [0.05, 0.1) is 12.7 Å². The maximum Gasteiger partial charge on any atom is 0.139 e. The fraction of sp³-hybridized carbons (Fsp3) is 1.00. The van der Waals surface area contributed by atoms with Gasteiger partial charge in [-0.15, -0.1) is 0 Å². The molecule has 2 atom stereocenters. The van der Waals surface area contributed by atoms with Gasteiger partial charge in [-0.05, 0) is 31.2 Å². The summed E-state index contributed by atoms with van der Waals surface area (Å²) in [6.45, 7) is 4.31. The SMILES string of the molecule is CC1(CO[C@@H]2CCNCC2F)CC1. The summed E-state index contributed by atoms with van der Waals surface area (Å²) in [6.07, 6.45) is 2.34. The van der Waals surface area contributed by atoms with Crippen molar-refractivity contribution in [3.05, 3.63) is 0 Å². The van der Waals surface area contributed by atoms with Gasteiger partial charge in [-0.1, -0.05) is 6.92 Å². The van der Waals surface area contributed by atoms with Crippen molar-refractivity contribution >= 4 is 0 Å². The first-order valence-electron chi connectivity index (χ1n) is 5.16. The lowest BCUT2D eigenvalue weighted by molar-refractivity contribution is -0.0346. The quantitative estimate of drug-likeness (QED) is 0.723. The van der Waals surface area contributed by atoms with Crippen LogP contribution in [0.1, 0.15) is 26.2 Å². The summed E-state index contributed by atoms with van der Waals surface area (Å²) in [4.78, 5) is 0. The normalized spacial score (nSPS) is 37.4. The Kier molecular flexibility index (Phi) is 2.56. The van der Waals surface area contributed by atoms with E-state index in [1.165, 1.54) is 12.8 Å². The molecule has 2 aliphatic rings. The largest absolute Gasteiger partial charge is 0.375 e. The fourth-order valence-electron chi connectivity index (χ4n) is 1.65. The Labute approximate surface area is 78.8 Å². The molecular weight excluding hydrogens is 169 g/mol. The Balaban J connectivity index is 1.73. The number of alkyl halides is 1. The van der Waals surface area contributed by atoms with E-state index in [0.717, 1.165) is 19.6 Å². The highest BCUT2D eigenvalue weighted by Crippen LogP contribution is 2.45. The summed E-state index contributed by atoms with van der Waals surface area (Å²) in [5.74, 6) is 0. The molecule has 0 aromatic rings. The average molecular weight is 187 g/mol. The van der Waals surface area contributed by atoms with Crippen LogP contribution in [-0.4, -0.2) is 32.0 Å². The molecule has 0 aromatic carbocycles. The van der Waals surface area contributed by atoms with Crippen LogP contribution in [-0.2, 0) is 4.74 Å². The highest BCUT2D eigenvalue weighted by Gasteiger charge is 2.39. The number of hydrogen-bond donors (Lipinski definition) is 1. The summed E-state index contributed by atoms with van der Waals surface area (Å²) in [5, 5.41) is 3.02. The van der Waals surface area contributed by atoms with Gasteiger partial charge in [0.2, 0.25) is 0 Å². The van der Waals surface area contributed by atoms with Crippen molar-refractivity contribution in [2.24, 2.45) is 5.41 Å². The van der Waals surface area contributed by atoms with E-state index >= 15 is 0 Å². The molecule has 1 unspecified atom stereocenters. The summed E-state index contributed by atoms with van der Waals surface area (Å²) >= 11 is 0. The van der Waals surface area contributed by atoms with Crippen LogP contribution in [0.15, 0.2) is 0 Å². The number of halogens is 1. The van der Waals surface area contributed by atoms with Crippen LogP contribution in [0.5, 0.6) is 0 Å². The molecule has 0 bridgehead atoms. The first-order valence-corrected chi connectivity index (χ1v) is 5.16. The van der Waals surface area contributed by atoms with Gasteiger partial charge >= 0.3 is 0 Å². The van der Waals surface area contributed by atoms with Crippen molar-refractivity contribution in [3.63, 3.8) is 0 Å². The third kappa shape index (κ3) is 2.41. The van der Waals surface area contributed by atoms with E-state index in [1.807, 2.05) is 0 Å². The molecule has 1 saturated heterocycles. The van der Waals surface area contributed by atoms with Gasteiger partial charge in [-0.2, -0.15) is 0 Å². The predicted octanol–water partition coefficient (Wildman–Crippen LogP) is 1.50. The van der Waals surface area contributed by atoms with E-state index in [1.54, 1.807) is 0 Å². The van der Waals surface area contributed by atoms with Gasteiger partial charge in [0.15, 0.2) is 0 Å². The van der Waals surface area contributed by atoms with Crippen molar-refractivity contribution in [3.8, 4) is 0 Å². The van der Waals surface area contributed by atoms with Crippen molar-refractivity contribution < 1.29 is 9.13 Å². The van der Waals surface area contributed by atoms with Crippen LogP contribution < -0.4 is 5.32 Å². The van der Waals surface area contributed by atoms with Crippen molar-refractivity contribution in [2.75, 3.05) is 19.7 Å². The van der Waals surface area contributed by atoms with E-state index in [4.69, 9.17) is 4.74 Å². The lowest BCUT2D eigenvalue weighted by Gasteiger charge is -2.27. The Morgan fingerprint density at radius 2 is 2.31 bits per heavy atom. The molecule has 13 heavy (non-hydrogen) atoms. The Hall–Kier alpha value is -0.150. The van der Waals surface area contributed by atoms with Crippen LogP contribution in [0.4, 0.5) is 4.39 Å². The van der Waals surface area contributed by atoms with Crippen molar-refractivity contribution in [1.29, 1.82) is 0 Å². The van der Waals surface area contributed by atoms with Gasteiger partial charge in [-0.3, -0.25) is 0 Å². The molecule has 0 radical (unpaired) electrons. The highest BCUT2D eigenvalue weighted by molar-refractivity contribution is 4.89. The third-order valence-corrected chi connectivity index (χ3v) is 3.10. The average Bonchev–Trinajstić information content (AvgIpc) is 2.83. The van der Waals surface area contributed by atoms with E-state index < -0.39 is 6.17 Å². The Bertz CT molecular complexity index is 182. The molecule has 1 heterocycles. The van der Waals surface area contributed by atoms with Gasteiger partial charge in [-0.25, -0.2) is 4.39 Å². The molecule has 1 saturated carbocycles. The Morgan fingerprint density at radius 3 is 2.92 bits per heavy atom. The molecular formula is C10H18FNO. The monoisotopic (exact) mass is 187 g/mol. The zero-order valence-electron chi connectivity index (χ0n) is 8.18. The maximum absolute atomic E-state index is 13.3. The molecule has 2 nitrogen and oxygen atoms in total. The first-order chi connectivity index (χ1) is 6.20. The van der Waals surface area contributed by atoms with Gasteiger partial charge in [0.25, 0.3) is 0 Å². The third-order valence-electron chi connectivity index (χ3n) is 3.10. The zero-order chi connectivity index (χ0) is 9.31. The van der Waals surface area contributed by atoms with Crippen LogP contribution in [0.2, 0.25) is 0 Å². The van der Waals surface area contributed by atoms with Crippen LogP contribution in [0.25, 0.3) is 0 Å². The molecule has 76 valence electrons. The highest BCUT2D eigenvalue weighted by atomic mass is 19.1. The maximum atomic E-state index is 13.3. The molecule has 1 aliphatic heterocycles. The van der Waals surface area contributed by atoms with Crippen LogP contribution >= 0.6 is 0 Å². The second-order valence-corrected chi connectivity index (χ2v) is 4.67. The molecule has 2 rings (SSSR count). The molecule has 1 N–H and O–H groups in total. The summed E-state index contributed by atoms with van der Waals surface area (Å²) in [5.41, 5.74) is 0.380. The van der Waals surface area contributed by atoms with Crippen LogP contribution in [0.3, 0.4) is 0 Å². The zero-order valence-corrected chi connectivity index (χ0v) is 8.18. The molecule has 0 aromatic heterocycles. The molecule has 3 heteroatoms. The number of piperidine rings is 1. The number of ether oxygens (including phenoxy) is 1. The lowest BCUT2D eigenvalue weighted by Crippen LogP contribution is -2.43. The van der Waals surface area contributed by atoms with Crippen molar-refractivity contribution in [1.82, 2.24) is 5.32 Å². The van der Waals surface area contributed by atoms with Gasteiger partial charge in [0.1, 0.15) is 6.17 Å². The smallest absolute Gasteiger partial charge is 0.139 e. The number of nitrogens with one attached hydrogen (secondary N) is 1. The minimum atomic E-state index is -0.809. The Morgan fingerprint density at radius 1 is 1.54 bits per heavy atom. The van der Waals surface area contributed by atoms with E-state index in [-0.39, 0.29) is 6.10 Å². The van der Waals surface area contributed by atoms with Crippen LogP contribution in [0, 0.1) is 5.41 Å². The minimum Gasteiger partial charge on any atom is -0.375 e. The fourth-order valence-corrected chi connectivity index (χ4v) is 1.65. The number of hydrogen-bond acceptors (Lipinski definition) is 2. The van der Waals surface area contributed by atoms with E-state index in [9.17, 15) is 4.39 Å². The minimum absolute atomic E-state index is 0.154. The van der Waals surface area contributed by atoms with E-state index in [0.29, 0.717) is 12.0 Å². The molecule has 0 spiro atoms. The molecule has 2 fully saturated rings. The second-order valence-electron chi connectivity index (χ2n) is 4.67. The first kappa shape index (κ1) is 9.41. The predicted molar refractivity (Wildman–Crippen MR) is 49.5 cm³/mol. The lowest BCUT2D eigenvalue weighted by atomic mass is 10.1.